The lowest BCUT2D eigenvalue weighted by Crippen LogP contribution is -2.49. The topological polar surface area (TPSA) is 110 Å². The Morgan fingerprint density at radius 2 is 1.88 bits per heavy atom. The van der Waals surface area contributed by atoms with Gasteiger partial charge in [-0.25, -0.2) is 4.79 Å². The molecule has 0 saturated heterocycles. The number of para-hydroxylation sites is 1. The molecule has 138 valence electrons. The van der Waals surface area contributed by atoms with Gasteiger partial charge in [0.15, 0.2) is 0 Å². The first-order chi connectivity index (χ1) is 11.4. The van der Waals surface area contributed by atoms with Gasteiger partial charge in [-0.2, -0.15) is 0 Å². The van der Waals surface area contributed by atoms with E-state index in [4.69, 9.17) is 5.73 Å². The Morgan fingerprint density at radius 1 is 1.24 bits per heavy atom. The van der Waals surface area contributed by atoms with Crippen LogP contribution in [0.3, 0.4) is 0 Å². The quantitative estimate of drug-likeness (QED) is 0.680. The van der Waals surface area contributed by atoms with Gasteiger partial charge in [0, 0.05) is 25.0 Å². The zero-order valence-electron chi connectivity index (χ0n) is 14.5. The van der Waals surface area contributed by atoms with E-state index in [1.165, 1.54) is 4.57 Å². The fourth-order valence-electron chi connectivity index (χ4n) is 2.54. The summed E-state index contributed by atoms with van der Waals surface area (Å²) in [7, 11) is 0. The van der Waals surface area contributed by atoms with Crippen molar-refractivity contribution in [3.05, 3.63) is 45.1 Å². The maximum Gasteiger partial charge on any atom is 0.328 e. The van der Waals surface area contributed by atoms with Crippen molar-refractivity contribution >= 4 is 29.2 Å². The molecule has 2 rings (SSSR count). The van der Waals surface area contributed by atoms with Crippen LogP contribution in [0.5, 0.6) is 0 Å². The number of H-pyrrole nitrogens is 1. The number of rotatable bonds is 7. The van der Waals surface area contributed by atoms with Gasteiger partial charge in [0.05, 0.1) is 10.9 Å². The highest BCUT2D eigenvalue weighted by atomic mass is 35.5. The molecule has 2 aromatic rings. The van der Waals surface area contributed by atoms with Crippen molar-refractivity contribution in [2.45, 2.75) is 45.2 Å². The van der Waals surface area contributed by atoms with Crippen molar-refractivity contribution in [1.29, 1.82) is 0 Å². The molecule has 0 spiro atoms. The summed E-state index contributed by atoms with van der Waals surface area (Å²) in [5.41, 5.74) is 5.34. The van der Waals surface area contributed by atoms with Crippen LogP contribution in [0.2, 0.25) is 0 Å². The normalized spacial score (nSPS) is 11.2. The maximum absolute atomic E-state index is 12.1. The number of benzene rings is 1. The van der Waals surface area contributed by atoms with E-state index in [1.54, 1.807) is 24.3 Å². The Kier molecular flexibility index (Phi) is 7.38. The van der Waals surface area contributed by atoms with Crippen LogP contribution in [0.25, 0.3) is 10.9 Å². The van der Waals surface area contributed by atoms with Crippen LogP contribution < -0.4 is 22.3 Å². The number of carbonyl (C=O) groups is 1. The molecule has 0 saturated carbocycles. The molecule has 0 radical (unpaired) electrons. The zero-order chi connectivity index (χ0) is 17.7. The Hall–Kier alpha value is -2.12. The highest BCUT2D eigenvalue weighted by Crippen LogP contribution is 2.10. The molecule has 0 bridgehead atoms. The SMILES string of the molecule is CCC(N)(CC)CNC(=O)CCn1c(=O)[nH]c(=O)c2ccccc21.Cl. The first-order valence-electron chi connectivity index (χ1n) is 8.17. The monoisotopic (exact) mass is 368 g/mol. The molecule has 0 aliphatic rings. The maximum atomic E-state index is 12.1. The molecule has 7 nitrogen and oxygen atoms in total. The number of hydrogen-bond acceptors (Lipinski definition) is 4. The van der Waals surface area contributed by atoms with Gasteiger partial charge < -0.3 is 11.1 Å². The summed E-state index contributed by atoms with van der Waals surface area (Å²) >= 11 is 0. The molecule has 0 aliphatic heterocycles. The number of halogens is 1. The second-order valence-electron chi connectivity index (χ2n) is 6.02. The zero-order valence-corrected chi connectivity index (χ0v) is 15.3. The van der Waals surface area contributed by atoms with Crippen LogP contribution in [0.15, 0.2) is 33.9 Å². The van der Waals surface area contributed by atoms with Gasteiger partial charge in [-0.05, 0) is 25.0 Å². The molecular weight excluding hydrogens is 344 g/mol. The summed E-state index contributed by atoms with van der Waals surface area (Å²) in [4.78, 5) is 38.2. The fraction of sp³-hybridized carbons (Fsp3) is 0.471. The van der Waals surface area contributed by atoms with Gasteiger partial charge in [0.25, 0.3) is 5.56 Å². The van der Waals surface area contributed by atoms with Crippen molar-refractivity contribution < 1.29 is 4.79 Å². The van der Waals surface area contributed by atoms with Crippen LogP contribution in [0.1, 0.15) is 33.1 Å². The van der Waals surface area contributed by atoms with Crippen molar-refractivity contribution in [2.75, 3.05) is 6.54 Å². The number of carbonyl (C=O) groups excluding carboxylic acids is 1. The van der Waals surface area contributed by atoms with Crippen molar-refractivity contribution in [1.82, 2.24) is 14.9 Å². The van der Waals surface area contributed by atoms with Crippen LogP contribution >= 0.6 is 12.4 Å². The number of nitrogens with two attached hydrogens (primary N) is 1. The molecule has 8 heteroatoms. The molecule has 1 amide bonds. The summed E-state index contributed by atoms with van der Waals surface area (Å²) in [6, 6.07) is 6.83. The van der Waals surface area contributed by atoms with Gasteiger partial charge in [-0.1, -0.05) is 26.0 Å². The van der Waals surface area contributed by atoms with Gasteiger partial charge in [-0.3, -0.25) is 19.1 Å². The standard InChI is InChI=1S/C17H24N4O3.ClH/c1-3-17(18,4-2)11-19-14(22)9-10-21-13-8-6-5-7-12(13)15(23)20-16(21)24;/h5-8H,3-4,9-11,18H2,1-2H3,(H,19,22)(H,20,23,24);1H. The van der Waals surface area contributed by atoms with Crippen molar-refractivity contribution in [3.63, 3.8) is 0 Å². The molecule has 1 aromatic heterocycles. The van der Waals surface area contributed by atoms with Crippen LogP contribution in [0, 0.1) is 0 Å². The number of aromatic nitrogens is 2. The average Bonchev–Trinajstić information content (AvgIpc) is 2.59. The third kappa shape index (κ3) is 4.93. The lowest BCUT2D eigenvalue weighted by Gasteiger charge is -2.26. The Bertz CT molecular complexity index is 840. The number of amides is 1. The lowest BCUT2D eigenvalue weighted by molar-refractivity contribution is -0.121. The highest BCUT2D eigenvalue weighted by molar-refractivity contribution is 5.85. The van der Waals surface area contributed by atoms with E-state index < -0.39 is 16.8 Å². The molecule has 25 heavy (non-hydrogen) atoms. The third-order valence-electron chi connectivity index (χ3n) is 4.51. The van der Waals surface area contributed by atoms with Gasteiger partial charge in [-0.15, -0.1) is 12.4 Å². The van der Waals surface area contributed by atoms with Crippen LogP contribution in [-0.4, -0.2) is 27.5 Å². The molecule has 1 heterocycles. The van der Waals surface area contributed by atoms with Gasteiger partial charge in [0.2, 0.25) is 5.91 Å². The predicted octanol–water partition coefficient (Wildman–Crippen LogP) is 1.14. The second kappa shape index (κ2) is 8.82. The number of nitrogens with one attached hydrogen (secondary N) is 2. The van der Waals surface area contributed by atoms with E-state index in [2.05, 4.69) is 10.3 Å². The number of hydrogen-bond donors (Lipinski definition) is 3. The second-order valence-corrected chi connectivity index (χ2v) is 6.02. The Labute approximate surface area is 152 Å². The van der Waals surface area contributed by atoms with Crippen molar-refractivity contribution in [3.8, 4) is 0 Å². The first-order valence-corrected chi connectivity index (χ1v) is 8.17. The Morgan fingerprint density at radius 3 is 2.52 bits per heavy atom. The minimum Gasteiger partial charge on any atom is -0.354 e. The first kappa shape index (κ1) is 20.9. The van der Waals surface area contributed by atoms with Crippen LogP contribution in [-0.2, 0) is 11.3 Å². The number of fused-ring (bicyclic) bond motifs is 1. The molecule has 1 aromatic carbocycles. The van der Waals surface area contributed by atoms with E-state index in [0.29, 0.717) is 17.4 Å². The Balaban J connectivity index is 0.00000312. The molecule has 0 unspecified atom stereocenters. The molecular formula is C17H25ClN4O3. The van der Waals surface area contributed by atoms with E-state index in [1.807, 2.05) is 13.8 Å². The number of aromatic amines is 1. The smallest absolute Gasteiger partial charge is 0.328 e. The predicted molar refractivity (Wildman–Crippen MR) is 101 cm³/mol. The highest BCUT2D eigenvalue weighted by Gasteiger charge is 2.20. The number of aryl methyl sites for hydroxylation is 1. The minimum atomic E-state index is -0.512. The summed E-state index contributed by atoms with van der Waals surface area (Å²) in [5.74, 6) is -0.172. The van der Waals surface area contributed by atoms with E-state index >= 15 is 0 Å². The molecule has 4 N–H and O–H groups in total. The lowest BCUT2D eigenvalue weighted by atomic mass is 9.94. The fourth-order valence-corrected chi connectivity index (χ4v) is 2.54. The van der Waals surface area contributed by atoms with E-state index in [0.717, 1.165) is 12.8 Å². The minimum absolute atomic E-state index is 0. The van der Waals surface area contributed by atoms with Crippen LogP contribution in [0.4, 0.5) is 0 Å². The molecule has 0 fully saturated rings. The van der Waals surface area contributed by atoms with E-state index in [9.17, 15) is 14.4 Å². The summed E-state index contributed by atoms with van der Waals surface area (Å²) in [6.07, 6.45) is 1.68. The van der Waals surface area contributed by atoms with Gasteiger partial charge in [0.1, 0.15) is 0 Å². The van der Waals surface area contributed by atoms with E-state index in [-0.39, 0.29) is 31.3 Å². The van der Waals surface area contributed by atoms with Gasteiger partial charge >= 0.3 is 5.69 Å². The molecule has 0 atom stereocenters. The third-order valence-corrected chi connectivity index (χ3v) is 4.51. The summed E-state index contributed by atoms with van der Waals surface area (Å²) in [5, 5.41) is 3.25. The van der Waals surface area contributed by atoms with Crippen molar-refractivity contribution in [2.24, 2.45) is 5.73 Å². The number of nitrogens with zero attached hydrogens (tertiary/aromatic N) is 1. The summed E-state index contributed by atoms with van der Waals surface area (Å²) in [6.45, 7) is 4.57. The molecule has 0 aliphatic carbocycles. The summed E-state index contributed by atoms with van der Waals surface area (Å²) < 4.78 is 1.41. The average molecular weight is 369 g/mol. The largest absolute Gasteiger partial charge is 0.354 e.